The predicted molar refractivity (Wildman–Crippen MR) is 99.7 cm³/mol. The molecule has 0 unspecified atom stereocenters. The number of rotatable bonds is 3. The molecule has 0 N–H and O–H groups in total. The lowest BCUT2D eigenvalue weighted by Crippen LogP contribution is -2.44. The number of carbonyl (C=O) groups is 1. The number of amides is 1. The predicted octanol–water partition coefficient (Wildman–Crippen LogP) is 3.23. The van der Waals surface area contributed by atoms with Crippen LogP contribution in [0.25, 0.3) is 0 Å². The summed E-state index contributed by atoms with van der Waals surface area (Å²) in [5, 5.41) is 0. The van der Waals surface area contributed by atoms with Crippen LogP contribution in [0.4, 0.5) is 0 Å². The summed E-state index contributed by atoms with van der Waals surface area (Å²) in [6.45, 7) is 4.45. The van der Waals surface area contributed by atoms with Gasteiger partial charge in [-0.3, -0.25) is 4.79 Å². The first kappa shape index (κ1) is 16.8. The van der Waals surface area contributed by atoms with E-state index in [0.29, 0.717) is 11.8 Å². The first-order valence-corrected chi connectivity index (χ1v) is 11.5. The molecule has 4 fully saturated rings. The Balaban J connectivity index is 1.38. The van der Waals surface area contributed by atoms with Gasteiger partial charge >= 0.3 is 0 Å². The van der Waals surface area contributed by atoms with Crippen LogP contribution < -0.4 is 0 Å². The SMILES string of the molecule is CC1(C)[C@H]2CC[C@@]13CS(=O)(=O)N(C(=O)[C@@H]1C[C@H]1Cc1ccccc1)[C@@H]3C2. The van der Waals surface area contributed by atoms with Gasteiger partial charge in [-0.15, -0.1) is 0 Å². The highest BCUT2D eigenvalue weighted by Gasteiger charge is 2.73. The molecule has 3 aliphatic carbocycles. The Kier molecular flexibility index (Phi) is 3.31. The third-order valence-electron chi connectivity index (χ3n) is 8.21. The summed E-state index contributed by atoms with van der Waals surface area (Å²) in [5.74, 6) is 0.801. The molecule has 5 heteroatoms. The van der Waals surface area contributed by atoms with Crippen LogP contribution in [0, 0.1) is 28.6 Å². The zero-order chi connectivity index (χ0) is 18.3. The quantitative estimate of drug-likeness (QED) is 0.817. The van der Waals surface area contributed by atoms with Crippen molar-refractivity contribution < 1.29 is 13.2 Å². The average Bonchev–Trinajstić information content (AvgIpc) is 3.19. The molecule has 1 heterocycles. The molecule has 0 radical (unpaired) electrons. The lowest BCUT2D eigenvalue weighted by atomic mass is 9.69. The molecular formula is C21H27NO3S. The van der Waals surface area contributed by atoms with E-state index in [1.54, 1.807) is 0 Å². The molecule has 5 atom stereocenters. The Bertz CT molecular complexity index is 863. The summed E-state index contributed by atoms with van der Waals surface area (Å²) in [4.78, 5) is 13.2. The Labute approximate surface area is 156 Å². The van der Waals surface area contributed by atoms with Gasteiger partial charge in [0.15, 0.2) is 0 Å². The molecule has 1 amide bonds. The van der Waals surface area contributed by atoms with E-state index in [1.165, 1.54) is 9.87 Å². The summed E-state index contributed by atoms with van der Waals surface area (Å²) in [5.41, 5.74) is 1.04. The second kappa shape index (κ2) is 5.12. The van der Waals surface area contributed by atoms with Crippen molar-refractivity contribution in [3.8, 4) is 0 Å². The average molecular weight is 374 g/mol. The summed E-state index contributed by atoms with van der Waals surface area (Å²) in [6, 6.07) is 10.1. The number of carbonyl (C=O) groups excluding carboxylic acids is 1. The third kappa shape index (κ3) is 2.07. The van der Waals surface area contributed by atoms with Crippen molar-refractivity contribution in [3.63, 3.8) is 0 Å². The van der Waals surface area contributed by atoms with E-state index in [1.807, 2.05) is 18.2 Å². The summed E-state index contributed by atoms with van der Waals surface area (Å²) < 4.78 is 27.3. The number of hydrogen-bond donors (Lipinski definition) is 0. The minimum atomic E-state index is -3.48. The van der Waals surface area contributed by atoms with Crippen molar-refractivity contribution in [2.45, 2.75) is 52.0 Å². The molecular weight excluding hydrogens is 346 g/mol. The number of nitrogens with zero attached hydrogens (tertiary/aromatic N) is 1. The highest BCUT2D eigenvalue weighted by atomic mass is 32.2. The maximum atomic E-state index is 13.2. The van der Waals surface area contributed by atoms with Crippen molar-refractivity contribution in [1.82, 2.24) is 4.31 Å². The van der Waals surface area contributed by atoms with Crippen LogP contribution in [-0.4, -0.2) is 30.4 Å². The van der Waals surface area contributed by atoms with E-state index < -0.39 is 10.0 Å². The Morgan fingerprint density at radius 2 is 1.92 bits per heavy atom. The molecule has 2 bridgehead atoms. The van der Waals surface area contributed by atoms with Crippen LogP contribution >= 0.6 is 0 Å². The van der Waals surface area contributed by atoms with E-state index >= 15 is 0 Å². The second-order valence-corrected chi connectivity index (χ2v) is 11.4. The van der Waals surface area contributed by atoms with Gasteiger partial charge in [0.25, 0.3) is 0 Å². The molecule has 26 heavy (non-hydrogen) atoms. The van der Waals surface area contributed by atoms with Crippen LogP contribution in [0.15, 0.2) is 30.3 Å². The molecule has 4 aliphatic rings. The van der Waals surface area contributed by atoms with Crippen LogP contribution in [-0.2, 0) is 21.2 Å². The van der Waals surface area contributed by atoms with Crippen molar-refractivity contribution in [3.05, 3.63) is 35.9 Å². The number of sulfonamides is 1. The van der Waals surface area contributed by atoms with Crippen LogP contribution in [0.1, 0.15) is 45.1 Å². The molecule has 1 aromatic rings. The van der Waals surface area contributed by atoms with Crippen molar-refractivity contribution in [1.29, 1.82) is 0 Å². The van der Waals surface area contributed by atoms with Gasteiger partial charge in [0.05, 0.1) is 11.8 Å². The minimum Gasteiger partial charge on any atom is -0.273 e. The largest absolute Gasteiger partial charge is 0.273 e. The van der Waals surface area contributed by atoms with E-state index in [9.17, 15) is 13.2 Å². The van der Waals surface area contributed by atoms with Gasteiger partial charge < -0.3 is 0 Å². The van der Waals surface area contributed by atoms with E-state index in [0.717, 1.165) is 32.1 Å². The van der Waals surface area contributed by atoms with Crippen LogP contribution in [0.5, 0.6) is 0 Å². The molecule has 3 saturated carbocycles. The lowest BCUT2D eigenvalue weighted by Gasteiger charge is -2.37. The number of benzene rings is 1. The molecule has 1 saturated heterocycles. The Morgan fingerprint density at radius 3 is 2.62 bits per heavy atom. The summed E-state index contributed by atoms with van der Waals surface area (Å²) >= 11 is 0. The van der Waals surface area contributed by atoms with Gasteiger partial charge in [-0.2, -0.15) is 0 Å². The highest BCUT2D eigenvalue weighted by molar-refractivity contribution is 7.90. The fraction of sp³-hybridized carbons (Fsp3) is 0.667. The molecule has 4 nitrogen and oxygen atoms in total. The minimum absolute atomic E-state index is 0.0206. The second-order valence-electron chi connectivity index (χ2n) is 9.55. The monoisotopic (exact) mass is 373 g/mol. The fourth-order valence-electron chi connectivity index (χ4n) is 6.43. The van der Waals surface area contributed by atoms with E-state index in [-0.39, 0.29) is 34.4 Å². The smallest absolute Gasteiger partial charge is 0.239 e. The molecule has 1 aromatic carbocycles. The van der Waals surface area contributed by atoms with Gasteiger partial charge in [0.2, 0.25) is 15.9 Å². The van der Waals surface area contributed by atoms with Gasteiger partial charge in [-0.1, -0.05) is 44.2 Å². The number of hydrogen-bond acceptors (Lipinski definition) is 3. The van der Waals surface area contributed by atoms with Gasteiger partial charge in [0, 0.05) is 11.3 Å². The maximum absolute atomic E-state index is 13.2. The standard InChI is InChI=1S/C21H27NO3S/c1-20(2)16-8-9-21(20)13-26(24,25)22(18(21)12-16)19(23)17-11-15(17)10-14-6-4-3-5-7-14/h3-7,15-18H,8-13H2,1-2H3/t15-,16+,17-,18-,21+/m1/s1. The molecule has 1 aliphatic heterocycles. The van der Waals surface area contributed by atoms with Gasteiger partial charge in [-0.25, -0.2) is 12.7 Å². The molecule has 140 valence electrons. The first-order valence-electron chi connectivity index (χ1n) is 9.86. The summed E-state index contributed by atoms with van der Waals surface area (Å²) in [6.07, 6.45) is 4.63. The topological polar surface area (TPSA) is 54.5 Å². The van der Waals surface area contributed by atoms with Crippen molar-refractivity contribution in [2.75, 3.05) is 5.75 Å². The molecule has 0 aromatic heterocycles. The van der Waals surface area contributed by atoms with E-state index in [2.05, 4.69) is 26.0 Å². The summed E-state index contributed by atoms with van der Waals surface area (Å²) in [7, 11) is -3.48. The first-order chi connectivity index (χ1) is 12.3. The van der Waals surface area contributed by atoms with Gasteiger partial charge in [0.1, 0.15) is 0 Å². The zero-order valence-electron chi connectivity index (χ0n) is 15.5. The molecule has 1 spiro atoms. The van der Waals surface area contributed by atoms with Crippen molar-refractivity contribution >= 4 is 15.9 Å². The van der Waals surface area contributed by atoms with E-state index in [4.69, 9.17) is 0 Å². The highest BCUT2D eigenvalue weighted by Crippen LogP contribution is 2.70. The Morgan fingerprint density at radius 1 is 1.19 bits per heavy atom. The van der Waals surface area contributed by atoms with Crippen LogP contribution in [0.2, 0.25) is 0 Å². The fourth-order valence-corrected chi connectivity index (χ4v) is 9.02. The maximum Gasteiger partial charge on any atom is 0.239 e. The zero-order valence-corrected chi connectivity index (χ0v) is 16.3. The van der Waals surface area contributed by atoms with Crippen molar-refractivity contribution in [2.24, 2.45) is 28.6 Å². The van der Waals surface area contributed by atoms with Gasteiger partial charge in [-0.05, 0) is 54.9 Å². The normalized spacial score (nSPS) is 41.2. The van der Waals surface area contributed by atoms with Crippen LogP contribution in [0.3, 0.4) is 0 Å². The molecule has 5 rings (SSSR count). The number of fused-ring (bicyclic) bond motifs is 1. The Hall–Kier alpha value is -1.36. The third-order valence-corrected chi connectivity index (χ3v) is 10.1. The lowest BCUT2D eigenvalue weighted by molar-refractivity contribution is -0.130.